The third kappa shape index (κ3) is 5.85. The predicted molar refractivity (Wildman–Crippen MR) is 110 cm³/mol. The molecule has 28 heavy (non-hydrogen) atoms. The van der Waals surface area contributed by atoms with Crippen LogP contribution in [0.3, 0.4) is 0 Å². The van der Waals surface area contributed by atoms with Gasteiger partial charge in [-0.15, -0.1) is 0 Å². The Morgan fingerprint density at radius 2 is 1.79 bits per heavy atom. The van der Waals surface area contributed by atoms with Crippen molar-refractivity contribution in [3.05, 3.63) is 65.3 Å². The van der Waals surface area contributed by atoms with Gasteiger partial charge in [-0.05, 0) is 48.5 Å². The van der Waals surface area contributed by atoms with Crippen LogP contribution >= 0.6 is 11.6 Å². The van der Waals surface area contributed by atoms with Gasteiger partial charge >= 0.3 is 0 Å². The van der Waals surface area contributed by atoms with Crippen molar-refractivity contribution in [2.75, 3.05) is 19.4 Å². The molecule has 0 spiro atoms. The molecule has 0 aliphatic heterocycles. The molecule has 146 valence electrons. The minimum atomic E-state index is -0.500. The molecule has 8 heteroatoms. The summed E-state index contributed by atoms with van der Waals surface area (Å²) >= 11 is 5.95. The fraction of sp³-hybridized carbons (Fsp3) is 0.150. The van der Waals surface area contributed by atoms with Crippen molar-refractivity contribution in [2.24, 2.45) is 5.73 Å². The topological polar surface area (TPSA) is 97.4 Å². The maximum absolute atomic E-state index is 12.2. The zero-order chi connectivity index (χ0) is 20.7. The number of carbonyl (C=O) groups excluding carboxylic acids is 3. The number of primary amides is 1. The van der Waals surface area contributed by atoms with Gasteiger partial charge in [-0.25, -0.2) is 0 Å². The molecule has 0 unspecified atom stereocenters. The molecule has 0 radical (unpaired) electrons. The lowest BCUT2D eigenvalue weighted by Gasteiger charge is -2.08. The van der Waals surface area contributed by atoms with Gasteiger partial charge in [0.25, 0.3) is 0 Å². The number of fused-ring (bicyclic) bond motifs is 1. The highest BCUT2D eigenvalue weighted by molar-refractivity contribution is 6.31. The van der Waals surface area contributed by atoms with E-state index in [1.807, 2.05) is 29.0 Å². The first-order chi connectivity index (χ1) is 13.3. The summed E-state index contributed by atoms with van der Waals surface area (Å²) in [6.07, 6.45) is 2.59. The van der Waals surface area contributed by atoms with E-state index in [0.29, 0.717) is 16.3 Å². The second-order valence-electron chi connectivity index (χ2n) is 6.21. The Kier molecular flexibility index (Phi) is 7.17. The largest absolute Gasteiger partial charge is 0.366 e. The molecular formula is C20H21ClN4O3. The lowest BCUT2D eigenvalue weighted by Crippen LogP contribution is -2.18. The molecule has 0 aliphatic carbocycles. The van der Waals surface area contributed by atoms with Crippen molar-refractivity contribution in [3.63, 3.8) is 0 Å². The lowest BCUT2D eigenvalue weighted by molar-refractivity contribution is -0.117. The van der Waals surface area contributed by atoms with Crippen molar-refractivity contribution in [1.82, 2.24) is 9.47 Å². The molecule has 3 N–H and O–H groups in total. The number of benzene rings is 2. The molecule has 1 heterocycles. The second kappa shape index (κ2) is 9.57. The van der Waals surface area contributed by atoms with Gasteiger partial charge in [0.2, 0.25) is 18.2 Å². The van der Waals surface area contributed by atoms with E-state index in [1.165, 1.54) is 4.90 Å². The molecule has 0 aliphatic rings. The van der Waals surface area contributed by atoms with E-state index in [1.54, 1.807) is 44.4 Å². The smallest absolute Gasteiger partial charge is 0.248 e. The number of nitrogens with two attached hydrogens (primary N) is 1. The third-order valence-corrected chi connectivity index (χ3v) is 3.95. The van der Waals surface area contributed by atoms with Gasteiger partial charge in [0.15, 0.2) is 0 Å². The first-order valence-electron chi connectivity index (χ1n) is 8.36. The number of rotatable bonds is 5. The average molecular weight is 401 g/mol. The van der Waals surface area contributed by atoms with Crippen molar-refractivity contribution < 1.29 is 14.4 Å². The molecule has 7 nitrogen and oxygen atoms in total. The average Bonchev–Trinajstić information content (AvgIpc) is 3.04. The van der Waals surface area contributed by atoms with E-state index in [0.717, 1.165) is 17.3 Å². The fourth-order valence-corrected chi connectivity index (χ4v) is 2.56. The van der Waals surface area contributed by atoms with Crippen LogP contribution in [0.4, 0.5) is 5.69 Å². The van der Waals surface area contributed by atoms with Crippen LogP contribution in [0, 0.1) is 0 Å². The maximum atomic E-state index is 12.2. The standard InChI is InChI=1S/C17H14ClN3O2.C3H7NO/c18-13-3-6-15-12(9-13)7-8-21(15)10-16(22)20-14-4-1-11(2-5-14)17(19)23;1-4(2)3-5/h1-9H,10H2,(H2,19,23)(H,20,22);3H,1-2H3. The minimum absolute atomic E-state index is 0.163. The van der Waals surface area contributed by atoms with E-state index < -0.39 is 5.91 Å². The lowest BCUT2D eigenvalue weighted by atomic mass is 10.2. The summed E-state index contributed by atoms with van der Waals surface area (Å²) < 4.78 is 1.85. The number of hydrogen-bond acceptors (Lipinski definition) is 3. The van der Waals surface area contributed by atoms with E-state index in [4.69, 9.17) is 17.3 Å². The predicted octanol–water partition coefficient (Wildman–Crippen LogP) is 2.74. The molecule has 0 bridgehead atoms. The first-order valence-corrected chi connectivity index (χ1v) is 8.74. The molecule has 2 aromatic carbocycles. The fourth-order valence-electron chi connectivity index (χ4n) is 2.38. The Morgan fingerprint density at radius 1 is 1.14 bits per heavy atom. The van der Waals surface area contributed by atoms with Crippen molar-refractivity contribution in [3.8, 4) is 0 Å². The molecule has 3 aromatic rings. The quantitative estimate of drug-likeness (QED) is 0.644. The zero-order valence-corrected chi connectivity index (χ0v) is 16.3. The highest BCUT2D eigenvalue weighted by atomic mass is 35.5. The van der Waals surface area contributed by atoms with Crippen LogP contribution < -0.4 is 11.1 Å². The van der Waals surface area contributed by atoms with Crippen molar-refractivity contribution in [2.45, 2.75) is 6.54 Å². The Balaban J connectivity index is 0.000000500. The summed E-state index contributed by atoms with van der Waals surface area (Å²) in [6, 6.07) is 13.9. The summed E-state index contributed by atoms with van der Waals surface area (Å²) in [5.74, 6) is -0.662. The number of anilines is 1. The summed E-state index contributed by atoms with van der Waals surface area (Å²) in [4.78, 5) is 34.1. The summed E-state index contributed by atoms with van der Waals surface area (Å²) in [5.41, 5.74) is 7.13. The minimum Gasteiger partial charge on any atom is -0.366 e. The summed E-state index contributed by atoms with van der Waals surface area (Å²) in [5, 5.41) is 4.43. The maximum Gasteiger partial charge on any atom is 0.248 e. The van der Waals surface area contributed by atoms with Crippen LogP contribution in [0.1, 0.15) is 10.4 Å². The zero-order valence-electron chi connectivity index (χ0n) is 15.6. The molecule has 0 saturated heterocycles. The number of halogens is 1. The first kappa shape index (κ1) is 21.0. The number of amides is 3. The van der Waals surface area contributed by atoms with Crippen molar-refractivity contribution >= 4 is 46.4 Å². The molecular weight excluding hydrogens is 380 g/mol. The van der Waals surface area contributed by atoms with Gasteiger partial charge in [0.1, 0.15) is 6.54 Å². The van der Waals surface area contributed by atoms with Crippen LogP contribution in [0.2, 0.25) is 5.02 Å². The van der Waals surface area contributed by atoms with Gasteiger partial charge in [-0.1, -0.05) is 11.6 Å². The van der Waals surface area contributed by atoms with Crippen LogP contribution in [0.5, 0.6) is 0 Å². The number of nitrogens with one attached hydrogen (secondary N) is 1. The van der Waals surface area contributed by atoms with Gasteiger partial charge in [-0.3, -0.25) is 14.4 Å². The SMILES string of the molecule is CN(C)C=O.NC(=O)c1ccc(NC(=O)Cn2ccc3cc(Cl)ccc32)cc1. The molecule has 3 rings (SSSR count). The summed E-state index contributed by atoms with van der Waals surface area (Å²) in [6.45, 7) is 0.183. The van der Waals surface area contributed by atoms with Gasteiger partial charge in [0, 0.05) is 47.5 Å². The Morgan fingerprint density at radius 3 is 2.36 bits per heavy atom. The Labute approximate surface area is 167 Å². The Bertz CT molecular complexity index is 981. The Hall–Kier alpha value is -3.32. The normalized spacial score (nSPS) is 9.96. The molecule has 0 fully saturated rings. The van der Waals surface area contributed by atoms with Gasteiger partial charge in [-0.2, -0.15) is 0 Å². The highest BCUT2D eigenvalue weighted by Crippen LogP contribution is 2.20. The second-order valence-corrected chi connectivity index (χ2v) is 6.64. The van der Waals surface area contributed by atoms with Crippen LogP contribution in [0.15, 0.2) is 54.7 Å². The summed E-state index contributed by atoms with van der Waals surface area (Å²) in [7, 11) is 3.38. The molecule has 3 amide bonds. The van der Waals surface area contributed by atoms with Gasteiger partial charge in [0.05, 0.1) is 0 Å². The van der Waals surface area contributed by atoms with E-state index in [-0.39, 0.29) is 12.5 Å². The van der Waals surface area contributed by atoms with E-state index >= 15 is 0 Å². The molecule has 0 saturated carbocycles. The van der Waals surface area contributed by atoms with Crippen molar-refractivity contribution in [1.29, 1.82) is 0 Å². The molecule has 1 aromatic heterocycles. The highest BCUT2D eigenvalue weighted by Gasteiger charge is 2.08. The number of hydrogen-bond donors (Lipinski definition) is 2. The van der Waals surface area contributed by atoms with E-state index in [9.17, 15) is 14.4 Å². The number of nitrogens with zero attached hydrogens (tertiary/aromatic N) is 2. The van der Waals surface area contributed by atoms with Crippen LogP contribution in [-0.4, -0.2) is 41.8 Å². The van der Waals surface area contributed by atoms with Crippen LogP contribution in [-0.2, 0) is 16.1 Å². The van der Waals surface area contributed by atoms with Crippen LogP contribution in [0.25, 0.3) is 10.9 Å². The monoisotopic (exact) mass is 400 g/mol. The van der Waals surface area contributed by atoms with E-state index in [2.05, 4.69) is 5.32 Å². The number of aromatic nitrogens is 1. The third-order valence-electron chi connectivity index (χ3n) is 3.71. The molecule has 0 atom stereocenters. The van der Waals surface area contributed by atoms with Gasteiger partial charge < -0.3 is 20.5 Å². The number of carbonyl (C=O) groups is 3.